The molecule has 0 bridgehead atoms. The Balaban J connectivity index is 1.80. The van der Waals surface area contributed by atoms with Crippen molar-refractivity contribution in [1.82, 2.24) is 19.2 Å². The van der Waals surface area contributed by atoms with Crippen LogP contribution in [0.2, 0.25) is 0 Å². The van der Waals surface area contributed by atoms with Crippen LogP contribution < -0.4 is 5.56 Å². The maximum absolute atomic E-state index is 12.7. The molecule has 0 saturated carbocycles. The van der Waals surface area contributed by atoms with E-state index < -0.39 is 0 Å². The molecular formula is C18H20N4O2. The molecule has 0 unspecified atom stereocenters. The van der Waals surface area contributed by atoms with E-state index in [0.717, 1.165) is 37.6 Å². The van der Waals surface area contributed by atoms with Crippen LogP contribution in [0.25, 0.3) is 5.65 Å². The molecule has 0 spiro atoms. The average molecular weight is 324 g/mol. The number of nitrogens with zero attached hydrogens (tertiary/aromatic N) is 4. The maximum Gasteiger partial charge on any atom is 0.296 e. The molecule has 1 fully saturated rings. The van der Waals surface area contributed by atoms with Crippen LogP contribution in [0.1, 0.15) is 35.8 Å². The molecule has 1 aromatic carbocycles. The highest BCUT2D eigenvalue weighted by molar-refractivity contribution is 5.37. The van der Waals surface area contributed by atoms with Gasteiger partial charge in [-0.25, -0.2) is 0 Å². The molecule has 6 nitrogen and oxygen atoms in total. The predicted molar refractivity (Wildman–Crippen MR) is 90.3 cm³/mol. The number of benzene rings is 1. The Labute approximate surface area is 139 Å². The predicted octanol–water partition coefficient (Wildman–Crippen LogP) is 1.91. The molecule has 6 heteroatoms. The van der Waals surface area contributed by atoms with Crippen molar-refractivity contribution in [2.24, 2.45) is 7.05 Å². The summed E-state index contributed by atoms with van der Waals surface area (Å²) >= 11 is 0. The quantitative estimate of drug-likeness (QED) is 0.738. The molecule has 0 radical (unpaired) electrons. The van der Waals surface area contributed by atoms with Gasteiger partial charge in [-0.2, -0.15) is 0 Å². The lowest BCUT2D eigenvalue weighted by atomic mass is 9.99. The highest BCUT2D eigenvalue weighted by Crippen LogP contribution is 2.25. The molecule has 24 heavy (non-hydrogen) atoms. The van der Waals surface area contributed by atoms with Gasteiger partial charge in [0.2, 0.25) is 5.65 Å². The van der Waals surface area contributed by atoms with Gasteiger partial charge in [-0.05, 0) is 18.4 Å². The zero-order valence-electron chi connectivity index (χ0n) is 13.7. The first-order chi connectivity index (χ1) is 11.7. The third-order valence-electron chi connectivity index (χ3n) is 4.74. The van der Waals surface area contributed by atoms with Crippen LogP contribution in [0, 0.1) is 0 Å². The summed E-state index contributed by atoms with van der Waals surface area (Å²) in [4.78, 5) is 12.7. The molecule has 0 aliphatic carbocycles. The molecule has 4 rings (SSSR count). The van der Waals surface area contributed by atoms with E-state index in [1.54, 1.807) is 11.6 Å². The highest BCUT2D eigenvalue weighted by atomic mass is 16.5. The lowest BCUT2D eigenvalue weighted by Crippen LogP contribution is -2.24. The van der Waals surface area contributed by atoms with Gasteiger partial charge in [-0.1, -0.05) is 30.3 Å². The Kier molecular flexibility index (Phi) is 3.90. The van der Waals surface area contributed by atoms with Crippen molar-refractivity contribution in [3.8, 4) is 0 Å². The molecular weight excluding hydrogens is 304 g/mol. The minimum Gasteiger partial charge on any atom is -0.381 e. The van der Waals surface area contributed by atoms with Crippen molar-refractivity contribution < 1.29 is 4.74 Å². The third kappa shape index (κ3) is 2.63. The van der Waals surface area contributed by atoms with Gasteiger partial charge in [-0.3, -0.25) is 9.20 Å². The number of hydrogen-bond donors (Lipinski definition) is 0. The molecule has 0 amide bonds. The molecule has 0 atom stereocenters. The fraction of sp³-hybridized carbons (Fsp3) is 0.389. The first-order valence-corrected chi connectivity index (χ1v) is 8.29. The molecule has 1 aliphatic rings. The van der Waals surface area contributed by atoms with Gasteiger partial charge < -0.3 is 9.30 Å². The molecule has 0 N–H and O–H groups in total. The Bertz CT molecular complexity index is 908. The van der Waals surface area contributed by atoms with Gasteiger partial charge in [0.05, 0.1) is 0 Å². The second-order valence-corrected chi connectivity index (χ2v) is 6.29. The zero-order chi connectivity index (χ0) is 16.5. The Morgan fingerprint density at radius 1 is 1.17 bits per heavy atom. The molecule has 2 aromatic heterocycles. The number of hydrogen-bond acceptors (Lipinski definition) is 4. The summed E-state index contributed by atoms with van der Waals surface area (Å²) in [5.41, 5.74) is 2.42. The van der Waals surface area contributed by atoms with Crippen molar-refractivity contribution in [2.75, 3.05) is 13.2 Å². The van der Waals surface area contributed by atoms with E-state index in [1.165, 1.54) is 5.56 Å². The summed E-state index contributed by atoms with van der Waals surface area (Å²) < 4.78 is 8.99. The smallest absolute Gasteiger partial charge is 0.296 e. The van der Waals surface area contributed by atoms with Crippen molar-refractivity contribution >= 4 is 5.65 Å². The number of rotatable bonds is 3. The van der Waals surface area contributed by atoms with Crippen molar-refractivity contribution in [3.05, 3.63) is 64.0 Å². The van der Waals surface area contributed by atoms with Crippen LogP contribution in [0.4, 0.5) is 0 Å². The van der Waals surface area contributed by atoms with Gasteiger partial charge in [0.15, 0.2) is 0 Å². The Hall–Kier alpha value is -2.47. The van der Waals surface area contributed by atoms with E-state index in [4.69, 9.17) is 4.74 Å². The fourth-order valence-corrected chi connectivity index (χ4v) is 3.30. The van der Waals surface area contributed by atoms with Crippen LogP contribution >= 0.6 is 0 Å². The summed E-state index contributed by atoms with van der Waals surface area (Å²) in [5.74, 6) is 1.17. The van der Waals surface area contributed by atoms with Gasteiger partial charge in [-0.15, -0.1) is 10.2 Å². The van der Waals surface area contributed by atoms with Crippen molar-refractivity contribution in [2.45, 2.75) is 25.2 Å². The van der Waals surface area contributed by atoms with E-state index in [0.29, 0.717) is 18.0 Å². The monoisotopic (exact) mass is 324 g/mol. The second-order valence-electron chi connectivity index (χ2n) is 6.29. The van der Waals surface area contributed by atoms with E-state index in [-0.39, 0.29) is 5.56 Å². The lowest BCUT2D eigenvalue weighted by Gasteiger charge is -2.20. The van der Waals surface area contributed by atoms with E-state index in [2.05, 4.69) is 22.3 Å². The molecule has 3 heterocycles. The molecule has 1 aliphatic heterocycles. The standard InChI is InChI=1S/C18H20N4O2/c1-21-15(11-13-5-3-2-4-6-13)12-22-16(14-7-9-24-10-8-14)19-20-17(22)18(21)23/h2-6,12,14H,7-11H2,1H3. The normalized spacial score (nSPS) is 15.9. The first kappa shape index (κ1) is 15.1. The minimum atomic E-state index is -0.103. The van der Waals surface area contributed by atoms with Gasteiger partial charge >= 0.3 is 0 Å². The summed E-state index contributed by atoms with van der Waals surface area (Å²) in [6.07, 6.45) is 4.55. The van der Waals surface area contributed by atoms with Crippen LogP contribution in [0.15, 0.2) is 41.3 Å². The molecule has 124 valence electrons. The lowest BCUT2D eigenvalue weighted by molar-refractivity contribution is 0.0834. The largest absolute Gasteiger partial charge is 0.381 e. The zero-order valence-corrected chi connectivity index (χ0v) is 13.7. The Morgan fingerprint density at radius 3 is 2.67 bits per heavy atom. The first-order valence-electron chi connectivity index (χ1n) is 8.29. The van der Waals surface area contributed by atoms with Crippen LogP contribution in [0.5, 0.6) is 0 Å². The van der Waals surface area contributed by atoms with Gasteiger partial charge in [0.25, 0.3) is 5.56 Å². The van der Waals surface area contributed by atoms with Crippen molar-refractivity contribution in [1.29, 1.82) is 0 Å². The SMILES string of the molecule is Cn1c(Cc2ccccc2)cn2c(C3CCOCC3)nnc2c1=O. The third-order valence-corrected chi connectivity index (χ3v) is 4.74. The number of aromatic nitrogens is 4. The topological polar surface area (TPSA) is 61.4 Å². The Morgan fingerprint density at radius 2 is 1.92 bits per heavy atom. The second kappa shape index (κ2) is 6.20. The van der Waals surface area contributed by atoms with Gasteiger partial charge in [0, 0.05) is 44.5 Å². The fourth-order valence-electron chi connectivity index (χ4n) is 3.30. The van der Waals surface area contributed by atoms with E-state index in [1.807, 2.05) is 28.8 Å². The summed E-state index contributed by atoms with van der Waals surface area (Å²) in [7, 11) is 1.80. The minimum absolute atomic E-state index is 0.103. The van der Waals surface area contributed by atoms with E-state index in [9.17, 15) is 4.79 Å². The molecule has 1 saturated heterocycles. The maximum atomic E-state index is 12.7. The van der Waals surface area contributed by atoms with Gasteiger partial charge in [0.1, 0.15) is 5.82 Å². The summed E-state index contributed by atoms with van der Waals surface area (Å²) in [5, 5.41) is 8.45. The van der Waals surface area contributed by atoms with Crippen LogP contribution in [-0.4, -0.2) is 32.4 Å². The van der Waals surface area contributed by atoms with E-state index >= 15 is 0 Å². The summed E-state index contributed by atoms with van der Waals surface area (Å²) in [6, 6.07) is 10.2. The number of fused-ring (bicyclic) bond motifs is 1. The van der Waals surface area contributed by atoms with Crippen molar-refractivity contribution in [3.63, 3.8) is 0 Å². The summed E-state index contributed by atoms with van der Waals surface area (Å²) in [6.45, 7) is 1.47. The number of ether oxygens (including phenoxy) is 1. The van der Waals surface area contributed by atoms with Crippen LogP contribution in [-0.2, 0) is 18.2 Å². The average Bonchev–Trinajstić information content (AvgIpc) is 3.05. The van der Waals surface area contributed by atoms with Crippen LogP contribution in [0.3, 0.4) is 0 Å². The molecule has 3 aromatic rings. The highest BCUT2D eigenvalue weighted by Gasteiger charge is 2.23.